The molecule has 2 aromatic heterocycles. The Morgan fingerprint density at radius 3 is 2.72 bits per heavy atom. The Bertz CT molecular complexity index is 1090. The second-order valence-corrected chi connectivity index (χ2v) is 7.70. The van der Waals surface area contributed by atoms with Gasteiger partial charge in [-0.05, 0) is 42.0 Å². The molecular weight excluding hydrogens is 432 g/mol. The van der Waals surface area contributed by atoms with E-state index in [9.17, 15) is 14.7 Å². The average Bonchev–Trinajstić information content (AvgIpc) is 2.81. The number of aliphatic hydroxyl groups excluding tert-OH is 1. The highest BCUT2D eigenvalue weighted by atomic mass is 35.5. The standard InChI is InChI=1S/C23H21ClN4O4/c24-20-11-16(8-10-26-20)23(31)27-17-6-4-15(5-7-17)22(30)19-13-32-14-21(29)28(19)12-18-3-1-2-9-25-18/h1-11,19,22,30H,12-14H2,(H,27,31)/t19-,22-/m1/s1. The number of hydrogen-bond acceptors (Lipinski definition) is 6. The van der Waals surface area contributed by atoms with Gasteiger partial charge in [0.25, 0.3) is 5.91 Å². The zero-order valence-corrected chi connectivity index (χ0v) is 17.8. The van der Waals surface area contributed by atoms with Crippen LogP contribution < -0.4 is 5.32 Å². The van der Waals surface area contributed by atoms with Crippen LogP contribution in [0.15, 0.2) is 67.0 Å². The maximum Gasteiger partial charge on any atom is 0.255 e. The van der Waals surface area contributed by atoms with E-state index in [1.807, 2.05) is 12.1 Å². The molecule has 0 aliphatic carbocycles. The summed E-state index contributed by atoms with van der Waals surface area (Å²) in [6.45, 7) is 0.467. The molecule has 8 nitrogen and oxygen atoms in total. The average molecular weight is 453 g/mol. The van der Waals surface area contributed by atoms with Crippen LogP contribution in [0.3, 0.4) is 0 Å². The molecule has 1 aromatic carbocycles. The summed E-state index contributed by atoms with van der Waals surface area (Å²) in [4.78, 5) is 34.6. The number of rotatable bonds is 6. The predicted molar refractivity (Wildman–Crippen MR) is 118 cm³/mol. The molecule has 32 heavy (non-hydrogen) atoms. The molecular formula is C23H21ClN4O4. The van der Waals surface area contributed by atoms with E-state index >= 15 is 0 Å². The lowest BCUT2D eigenvalue weighted by molar-refractivity contribution is -0.155. The van der Waals surface area contributed by atoms with Gasteiger partial charge >= 0.3 is 0 Å². The molecule has 0 spiro atoms. The van der Waals surface area contributed by atoms with Crippen LogP contribution in [0.25, 0.3) is 0 Å². The third kappa shape index (κ3) is 5.11. The number of anilines is 1. The number of nitrogens with one attached hydrogen (secondary N) is 1. The Labute approximate surface area is 189 Å². The van der Waals surface area contributed by atoms with Crippen molar-refractivity contribution in [2.24, 2.45) is 0 Å². The summed E-state index contributed by atoms with van der Waals surface area (Å²) in [7, 11) is 0. The first-order valence-electron chi connectivity index (χ1n) is 9.99. The van der Waals surface area contributed by atoms with Gasteiger partial charge in [-0.1, -0.05) is 29.8 Å². The number of nitrogens with zero attached hydrogens (tertiary/aromatic N) is 3. The van der Waals surface area contributed by atoms with E-state index in [4.69, 9.17) is 16.3 Å². The van der Waals surface area contributed by atoms with E-state index in [-0.39, 0.29) is 36.7 Å². The van der Waals surface area contributed by atoms with Crippen LogP contribution in [-0.2, 0) is 16.1 Å². The molecule has 1 fully saturated rings. The summed E-state index contributed by atoms with van der Waals surface area (Å²) in [5, 5.41) is 14.0. The van der Waals surface area contributed by atoms with E-state index in [1.54, 1.807) is 47.5 Å². The molecule has 3 aromatic rings. The lowest BCUT2D eigenvalue weighted by Crippen LogP contribution is -2.51. The highest BCUT2D eigenvalue weighted by molar-refractivity contribution is 6.29. The van der Waals surface area contributed by atoms with E-state index in [0.717, 1.165) is 5.69 Å². The molecule has 9 heteroatoms. The molecule has 0 bridgehead atoms. The molecule has 1 saturated heterocycles. The normalized spacial score (nSPS) is 17.1. The summed E-state index contributed by atoms with van der Waals surface area (Å²) < 4.78 is 5.40. The van der Waals surface area contributed by atoms with E-state index in [1.165, 1.54) is 12.3 Å². The molecule has 1 aliphatic rings. The number of amides is 2. The Hall–Kier alpha value is -3.33. The number of benzene rings is 1. The minimum absolute atomic E-state index is 0.0277. The Balaban J connectivity index is 1.46. The van der Waals surface area contributed by atoms with Gasteiger partial charge in [-0.3, -0.25) is 14.6 Å². The van der Waals surface area contributed by atoms with Crippen molar-refractivity contribution in [3.63, 3.8) is 0 Å². The SMILES string of the molecule is O=C(Nc1ccc([C@@H](O)[C@H]2COCC(=O)N2Cc2ccccn2)cc1)c1ccnc(Cl)c1. The van der Waals surface area contributed by atoms with Gasteiger partial charge in [-0.15, -0.1) is 0 Å². The number of carbonyl (C=O) groups is 2. The number of morpholine rings is 1. The molecule has 0 unspecified atom stereocenters. The summed E-state index contributed by atoms with van der Waals surface area (Å²) in [5.41, 5.74) is 2.27. The second kappa shape index (κ2) is 9.86. The number of hydrogen-bond donors (Lipinski definition) is 2. The number of aromatic nitrogens is 2. The number of aliphatic hydroxyl groups is 1. The van der Waals surface area contributed by atoms with Crippen LogP contribution in [0, 0.1) is 0 Å². The van der Waals surface area contributed by atoms with Gasteiger partial charge < -0.3 is 20.1 Å². The summed E-state index contributed by atoms with van der Waals surface area (Å²) in [5.74, 6) is -0.527. The van der Waals surface area contributed by atoms with Gasteiger partial charge in [0.2, 0.25) is 5.91 Å². The molecule has 2 amide bonds. The largest absolute Gasteiger partial charge is 0.386 e. The van der Waals surface area contributed by atoms with Crippen LogP contribution in [0.5, 0.6) is 0 Å². The molecule has 3 heterocycles. The van der Waals surface area contributed by atoms with Crippen molar-refractivity contribution in [2.75, 3.05) is 18.5 Å². The van der Waals surface area contributed by atoms with Crippen LogP contribution in [-0.4, -0.2) is 51.0 Å². The van der Waals surface area contributed by atoms with Crippen molar-refractivity contribution >= 4 is 29.1 Å². The molecule has 164 valence electrons. The van der Waals surface area contributed by atoms with Crippen molar-refractivity contribution < 1.29 is 19.4 Å². The highest BCUT2D eigenvalue weighted by Crippen LogP contribution is 2.26. The van der Waals surface area contributed by atoms with Crippen molar-refractivity contribution in [2.45, 2.75) is 18.7 Å². The number of carbonyl (C=O) groups excluding carboxylic acids is 2. The van der Waals surface area contributed by atoms with Crippen LogP contribution in [0.1, 0.15) is 27.7 Å². The van der Waals surface area contributed by atoms with Crippen LogP contribution in [0.2, 0.25) is 5.15 Å². The van der Waals surface area contributed by atoms with Crippen LogP contribution in [0.4, 0.5) is 5.69 Å². The third-order valence-corrected chi connectivity index (χ3v) is 5.36. The lowest BCUT2D eigenvalue weighted by atomic mass is 9.99. The first-order chi connectivity index (χ1) is 15.5. The maximum absolute atomic E-state index is 12.5. The van der Waals surface area contributed by atoms with Gasteiger partial charge in [0.1, 0.15) is 17.9 Å². The Morgan fingerprint density at radius 2 is 2.00 bits per heavy atom. The van der Waals surface area contributed by atoms with Gasteiger partial charge in [0.15, 0.2) is 0 Å². The monoisotopic (exact) mass is 452 g/mol. The van der Waals surface area contributed by atoms with Crippen molar-refractivity contribution in [3.8, 4) is 0 Å². The summed E-state index contributed by atoms with van der Waals surface area (Å²) in [6, 6.07) is 14.8. The molecule has 0 saturated carbocycles. The number of halogens is 1. The van der Waals surface area contributed by atoms with Crippen LogP contribution >= 0.6 is 11.6 Å². The number of pyridine rings is 2. The molecule has 2 atom stereocenters. The fraction of sp³-hybridized carbons (Fsp3) is 0.217. The predicted octanol–water partition coefficient (Wildman–Crippen LogP) is 2.84. The van der Waals surface area contributed by atoms with E-state index in [0.29, 0.717) is 16.8 Å². The summed E-state index contributed by atoms with van der Waals surface area (Å²) in [6.07, 6.45) is 2.16. The lowest BCUT2D eigenvalue weighted by Gasteiger charge is -2.38. The van der Waals surface area contributed by atoms with E-state index < -0.39 is 12.1 Å². The fourth-order valence-electron chi connectivity index (χ4n) is 3.49. The Morgan fingerprint density at radius 1 is 1.19 bits per heavy atom. The topological polar surface area (TPSA) is 105 Å². The second-order valence-electron chi connectivity index (χ2n) is 7.31. The van der Waals surface area contributed by atoms with E-state index in [2.05, 4.69) is 15.3 Å². The minimum Gasteiger partial charge on any atom is -0.386 e. The van der Waals surface area contributed by atoms with Gasteiger partial charge in [0.05, 0.1) is 24.9 Å². The third-order valence-electron chi connectivity index (χ3n) is 5.16. The molecule has 2 N–H and O–H groups in total. The summed E-state index contributed by atoms with van der Waals surface area (Å²) >= 11 is 5.83. The van der Waals surface area contributed by atoms with Gasteiger partial charge in [0, 0.05) is 23.6 Å². The van der Waals surface area contributed by atoms with Crippen molar-refractivity contribution in [1.29, 1.82) is 0 Å². The first-order valence-corrected chi connectivity index (χ1v) is 10.4. The zero-order chi connectivity index (χ0) is 22.5. The van der Waals surface area contributed by atoms with Gasteiger partial charge in [-0.2, -0.15) is 0 Å². The maximum atomic E-state index is 12.5. The zero-order valence-electron chi connectivity index (χ0n) is 17.0. The fourth-order valence-corrected chi connectivity index (χ4v) is 3.66. The smallest absolute Gasteiger partial charge is 0.255 e. The quantitative estimate of drug-likeness (QED) is 0.557. The van der Waals surface area contributed by atoms with Crippen molar-refractivity contribution in [3.05, 3.63) is 89.0 Å². The highest BCUT2D eigenvalue weighted by Gasteiger charge is 2.34. The number of ether oxygens (including phenoxy) is 1. The molecule has 4 rings (SSSR count). The molecule has 0 radical (unpaired) electrons. The minimum atomic E-state index is -0.966. The first kappa shape index (κ1) is 21.9. The van der Waals surface area contributed by atoms with Gasteiger partial charge in [-0.25, -0.2) is 4.98 Å². The van der Waals surface area contributed by atoms with Crippen molar-refractivity contribution in [1.82, 2.24) is 14.9 Å². The Kier molecular flexibility index (Phi) is 6.75. The molecule has 1 aliphatic heterocycles.